The van der Waals surface area contributed by atoms with Gasteiger partial charge in [-0.3, -0.25) is 5.10 Å². The molecule has 0 saturated heterocycles. The molecule has 2 aromatic rings. The van der Waals surface area contributed by atoms with E-state index in [1.54, 1.807) is 12.1 Å². The Labute approximate surface area is 109 Å². The average Bonchev–Trinajstić information content (AvgIpc) is 2.83. The van der Waals surface area contributed by atoms with Crippen molar-refractivity contribution in [1.29, 1.82) is 0 Å². The summed E-state index contributed by atoms with van der Waals surface area (Å²) in [7, 11) is 0. The summed E-state index contributed by atoms with van der Waals surface area (Å²) >= 11 is 4.84. The van der Waals surface area contributed by atoms with Crippen LogP contribution in [0.1, 0.15) is 5.56 Å². The second-order valence-electron chi connectivity index (χ2n) is 3.02. The van der Waals surface area contributed by atoms with Crippen LogP contribution in [-0.4, -0.2) is 26.2 Å². The molecule has 2 rings (SSSR count). The van der Waals surface area contributed by atoms with E-state index < -0.39 is 0 Å². The van der Waals surface area contributed by atoms with Crippen molar-refractivity contribution in [3.8, 4) is 0 Å². The highest BCUT2D eigenvalue weighted by Gasteiger charge is 2.07. The van der Waals surface area contributed by atoms with Crippen LogP contribution in [0.3, 0.4) is 0 Å². The SMILES string of the molecule is N/C(=N/O)c1ccc(Sc2ncn[nH]2)c(Br)c1. The monoisotopic (exact) mass is 313 g/mol. The molecular formula is C9H8BrN5OS. The van der Waals surface area contributed by atoms with E-state index in [9.17, 15) is 0 Å². The van der Waals surface area contributed by atoms with Gasteiger partial charge in [-0.2, -0.15) is 5.10 Å². The van der Waals surface area contributed by atoms with Crippen LogP contribution in [0.2, 0.25) is 0 Å². The minimum Gasteiger partial charge on any atom is -0.409 e. The molecular weight excluding hydrogens is 306 g/mol. The Morgan fingerprint density at radius 3 is 2.94 bits per heavy atom. The molecule has 1 heterocycles. The van der Waals surface area contributed by atoms with Gasteiger partial charge in [-0.05, 0) is 45.9 Å². The largest absolute Gasteiger partial charge is 0.409 e. The molecule has 88 valence electrons. The topological polar surface area (TPSA) is 100 Å². The lowest BCUT2D eigenvalue weighted by atomic mass is 10.2. The molecule has 1 aromatic heterocycles. The molecule has 0 unspecified atom stereocenters. The fourth-order valence-corrected chi connectivity index (χ4v) is 2.47. The van der Waals surface area contributed by atoms with Crippen molar-refractivity contribution in [2.45, 2.75) is 10.1 Å². The van der Waals surface area contributed by atoms with Gasteiger partial charge in [0, 0.05) is 14.9 Å². The molecule has 0 saturated carbocycles. The Kier molecular flexibility index (Phi) is 3.64. The molecule has 17 heavy (non-hydrogen) atoms. The Morgan fingerprint density at radius 2 is 2.35 bits per heavy atom. The summed E-state index contributed by atoms with van der Waals surface area (Å²) in [5.74, 6) is 0.0712. The van der Waals surface area contributed by atoms with E-state index >= 15 is 0 Å². The number of amidine groups is 1. The summed E-state index contributed by atoms with van der Waals surface area (Å²) in [5, 5.41) is 18.7. The van der Waals surface area contributed by atoms with E-state index in [-0.39, 0.29) is 5.84 Å². The zero-order chi connectivity index (χ0) is 12.3. The Morgan fingerprint density at radius 1 is 1.53 bits per heavy atom. The van der Waals surface area contributed by atoms with Crippen molar-refractivity contribution < 1.29 is 5.21 Å². The van der Waals surface area contributed by atoms with Crippen molar-refractivity contribution >= 4 is 33.5 Å². The van der Waals surface area contributed by atoms with Crippen LogP contribution in [0, 0.1) is 0 Å². The fourth-order valence-electron chi connectivity index (χ4n) is 1.15. The molecule has 4 N–H and O–H groups in total. The Hall–Kier alpha value is -1.54. The summed E-state index contributed by atoms with van der Waals surface area (Å²) in [5.41, 5.74) is 6.13. The number of rotatable bonds is 3. The summed E-state index contributed by atoms with van der Waals surface area (Å²) in [6.07, 6.45) is 1.45. The summed E-state index contributed by atoms with van der Waals surface area (Å²) < 4.78 is 0.836. The normalized spacial score (nSPS) is 11.7. The standard InChI is InChI=1S/C9H8BrN5OS/c10-6-3-5(8(11)15-16)1-2-7(6)17-9-12-4-13-14-9/h1-4,16H,(H2,11,15)(H,12,13,14). The van der Waals surface area contributed by atoms with E-state index in [0.717, 1.165) is 9.37 Å². The highest BCUT2D eigenvalue weighted by molar-refractivity contribution is 9.10. The Balaban J connectivity index is 2.26. The third-order valence-electron chi connectivity index (χ3n) is 1.93. The van der Waals surface area contributed by atoms with Gasteiger partial charge in [-0.1, -0.05) is 5.16 Å². The molecule has 1 aromatic carbocycles. The lowest BCUT2D eigenvalue weighted by Crippen LogP contribution is -2.12. The molecule has 6 nitrogen and oxygen atoms in total. The molecule has 0 radical (unpaired) electrons. The summed E-state index contributed by atoms with van der Waals surface area (Å²) in [6, 6.07) is 5.39. The highest BCUT2D eigenvalue weighted by atomic mass is 79.9. The van der Waals surface area contributed by atoms with Crippen molar-refractivity contribution in [3.05, 3.63) is 34.6 Å². The average molecular weight is 314 g/mol. The number of hydrogen-bond donors (Lipinski definition) is 3. The Bertz CT molecular complexity index is 542. The van der Waals surface area contributed by atoms with Crippen molar-refractivity contribution in [2.75, 3.05) is 0 Å². The highest BCUT2D eigenvalue weighted by Crippen LogP contribution is 2.31. The zero-order valence-electron chi connectivity index (χ0n) is 8.46. The third-order valence-corrected chi connectivity index (χ3v) is 3.82. The predicted octanol–water partition coefficient (Wildman–Crippen LogP) is 1.81. The van der Waals surface area contributed by atoms with E-state index in [2.05, 4.69) is 36.3 Å². The molecule has 0 aliphatic rings. The van der Waals surface area contributed by atoms with Gasteiger partial charge in [0.05, 0.1) is 0 Å². The van der Waals surface area contributed by atoms with Gasteiger partial charge in [0.2, 0.25) is 0 Å². The molecule has 0 bridgehead atoms. The summed E-state index contributed by atoms with van der Waals surface area (Å²) in [6.45, 7) is 0. The third kappa shape index (κ3) is 2.77. The van der Waals surface area contributed by atoms with E-state index in [1.807, 2.05) is 6.07 Å². The van der Waals surface area contributed by atoms with Crippen LogP contribution >= 0.6 is 27.7 Å². The van der Waals surface area contributed by atoms with Gasteiger partial charge in [-0.25, -0.2) is 4.98 Å². The fraction of sp³-hybridized carbons (Fsp3) is 0. The van der Waals surface area contributed by atoms with E-state index in [1.165, 1.54) is 18.1 Å². The van der Waals surface area contributed by atoms with Crippen LogP contribution in [-0.2, 0) is 0 Å². The van der Waals surface area contributed by atoms with E-state index in [0.29, 0.717) is 10.7 Å². The van der Waals surface area contributed by atoms with Gasteiger partial charge < -0.3 is 10.9 Å². The quantitative estimate of drug-likeness (QED) is 0.347. The van der Waals surface area contributed by atoms with E-state index in [4.69, 9.17) is 10.9 Å². The number of aromatic nitrogens is 3. The zero-order valence-corrected chi connectivity index (χ0v) is 10.9. The van der Waals surface area contributed by atoms with Crippen LogP contribution in [0.5, 0.6) is 0 Å². The molecule has 0 fully saturated rings. The van der Waals surface area contributed by atoms with Crippen molar-refractivity contribution in [2.24, 2.45) is 10.9 Å². The lowest BCUT2D eigenvalue weighted by molar-refractivity contribution is 0.318. The van der Waals surface area contributed by atoms with Crippen LogP contribution in [0.25, 0.3) is 0 Å². The van der Waals surface area contributed by atoms with Crippen LogP contribution in [0.4, 0.5) is 0 Å². The first-order valence-electron chi connectivity index (χ1n) is 4.51. The molecule has 0 amide bonds. The predicted molar refractivity (Wildman–Crippen MR) is 67.2 cm³/mol. The molecule has 0 spiro atoms. The summed E-state index contributed by atoms with van der Waals surface area (Å²) in [4.78, 5) is 4.97. The van der Waals surface area contributed by atoms with Crippen molar-refractivity contribution in [1.82, 2.24) is 15.2 Å². The molecule has 0 aliphatic carbocycles. The minimum atomic E-state index is 0.0712. The number of nitrogens with two attached hydrogens (primary N) is 1. The number of benzene rings is 1. The maximum absolute atomic E-state index is 8.58. The van der Waals surface area contributed by atoms with Gasteiger partial charge in [0.25, 0.3) is 0 Å². The van der Waals surface area contributed by atoms with Crippen LogP contribution in [0.15, 0.2) is 44.2 Å². The van der Waals surface area contributed by atoms with Crippen molar-refractivity contribution in [3.63, 3.8) is 0 Å². The molecule has 0 aliphatic heterocycles. The van der Waals surface area contributed by atoms with Crippen LogP contribution < -0.4 is 5.73 Å². The number of hydrogen-bond acceptors (Lipinski definition) is 5. The van der Waals surface area contributed by atoms with Gasteiger partial charge in [-0.15, -0.1) is 0 Å². The number of nitrogens with zero attached hydrogens (tertiary/aromatic N) is 3. The second-order valence-corrected chi connectivity index (χ2v) is 4.91. The van der Waals surface area contributed by atoms with Gasteiger partial charge >= 0.3 is 0 Å². The maximum atomic E-state index is 8.58. The maximum Gasteiger partial charge on any atom is 0.188 e. The lowest BCUT2D eigenvalue weighted by Gasteiger charge is -2.04. The minimum absolute atomic E-state index is 0.0712. The molecule has 0 atom stereocenters. The van der Waals surface area contributed by atoms with Gasteiger partial charge in [0.1, 0.15) is 6.33 Å². The van der Waals surface area contributed by atoms with Gasteiger partial charge in [0.15, 0.2) is 11.0 Å². The number of nitrogens with one attached hydrogen (secondary N) is 1. The first-order chi connectivity index (χ1) is 8.20. The smallest absolute Gasteiger partial charge is 0.188 e. The first kappa shape index (κ1) is 11.9. The second kappa shape index (κ2) is 5.19. The number of halogens is 1. The number of oxime groups is 1. The molecule has 8 heteroatoms. The number of H-pyrrole nitrogens is 1. The first-order valence-corrected chi connectivity index (χ1v) is 6.12. The number of aromatic amines is 1.